The van der Waals surface area contributed by atoms with Crippen LogP contribution >= 0.6 is 0 Å². The lowest BCUT2D eigenvalue weighted by Crippen LogP contribution is -2.49. The fourth-order valence-electron chi connectivity index (χ4n) is 6.29. The molecule has 7 rings (SSSR count). The van der Waals surface area contributed by atoms with Gasteiger partial charge in [0, 0.05) is 68.0 Å². The standard InChI is InChI=1S/C33H35N7O/c1-23(41-29-11-7-4-8-12-29)20-38-21-28-18-27(38)22-40(28)33-37-30(19-32-35-15-16-39(32)33)26-13-14-34-31(17-26)36-24(2)25-9-5-3-6-10-25/h3-17,19,23-24,27-28H,18,20-22H2,1-2H3,(H,34,36)/t23?,24-,27-,28-/m0/s1. The lowest BCUT2D eigenvalue weighted by atomic mass is 10.1. The van der Waals surface area contributed by atoms with Gasteiger partial charge in [-0.3, -0.25) is 9.30 Å². The number of pyridine rings is 1. The van der Waals surface area contributed by atoms with Crippen molar-refractivity contribution in [3.05, 3.63) is 103 Å². The van der Waals surface area contributed by atoms with Gasteiger partial charge in [0.15, 0.2) is 0 Å². The number of para-hydroxylation sites is 1. The Morgan fingerprint density at radius 2 is 1.71 bits per heavy atom. The number of hydrogen-bond donors (Lipinski definition) is 1. The first-order chi connectivity index (χ1) is 20.1. The molecule has 2 bridgehead atoms. The van der Waals surface area contributed by atoms with E-state index < -0.39 is 0 Å². The summed E-state index contributed by atoms with van der Waals surface area (Å²) in [4.78, 5) is 19.5. The van der Waals surface area contributed by atoms with Crippen LogP contribution in [0.25, 0.3) is 16.9 Å². The molecule has 8 nitrogen and oxygen atoms in total. The molecular weight excluding hydrogens is 510 g/mol. The highest BCUT2D eigenvalue weighted by molar-refractivity contribution is 5.69. The monoisotopic (exact) mass is 545 g/mol. The van der Waals surface area contributed by atoms with Gasteiger partial charge in [0.05, 0.1) is 5.69 Å². The molecule has 1 N–H and O–H groups in total. The maximum atomic E-state index is 6.18. The summed E-state index contributed by atoms with van der Waals surface area (Å²) in [6.07, 6.45) is 6.99. The summed E-state index contributed by atoms with van der Waals surface area (Å²) in [5.41, 5.74) is 4.05. The Kier molecular flexibility index (Phi) is 6.76. The number of nitrogens with one attached hydrogen (secondary N) is 1. The van der Waals surface area contributed by atoms with Crippen LogP contribution in [0.1, 0.15) is 31.9 Å². The van der Waals surface area contributed by atoms with Crippen molar-refractivity contribution in [2.75, 3.05) is 29.9 Å². The first kappa shape index (κ1) is 25.5. The van der Waals surface area contributed by atoms with Gasteiger partial charge in [-0.05, 0) is 50.1 Å². The van der Waals surface area contributed by atoms with Crippen LogP contribution in [0, 0.1) is 0 Å². The van der Waals surface area contributed by atoms with E-state index in [1.807, 2.05) is 61.1 Å². The van der Waals surface area contributed by atoms with Crippen LogP contribution in [0.2, 0.25) is 0 Å². The second-order valence-corrected chi connectivity index (χ2v) is 11.2. The van der Waals surface area contributed by atoms with Crippen LogP contribution < -0.4 is 15.0 Å². The second kappa shape index (κ2) is 10.9. The number of hydrogen-bond acceptors (Lipinski definition) is 7. The van der Waals surface area contributed by atoms with Crippen molar-refractivity contribution in [3.63, 3.8) is 0 Å². The third-order valence-electron chi connectivity index (χ3n) is 8.27. The largest absolute Gasteiger partial charge is 0.489 e. The van der Waals surface area contributed by atoms with Gasteiger partial charge in [-0.15, -0.1) is 0 Å². The zero-order valence-electron chi connectivity index (χ0n) is 23.5. The Labute approximate surface area is 240 Å². The molecule has 5 heterocycles. The van der Waals surface area contributed by atoms with Gasteiger partial charge in [-0.1, -0.05) is 48.5 Å². The van der Waals surface area contributed by atoms with E-state index >= 15 is 0 Å². The van der Waals surface area contributed by atoms with Gasteiger partial charge in [-0.2, -0.15) is 0 Å². The minimum atomic E-state index is 0.131. The summed E-state index contributed by atoms with van der Waals surface area (Å²) in [5, 5.41) is 3.54. The first-order valence-electron chi connectivity index (χ1n) is 14.4. The van der Waals surface area contributed by atoms with E-state index in [0.717, 1.165) is 60.5 Å². The summed E-state index contributed by atoms with van der Waals surface area (Å²) in [7, 11) is 0. The van der Waals surface area contributed by atoms with E-state index in [9.17, 15) is 0 Å². The number of fused-ring (bicyclic) bond motifs is 3. The molecule has 2 aromatic carbocycles. The Balaban J connectivity index is 1.09. The first-order valence-corrected chi connectivity index (χ1v) is 14.4. The maximum absolute atomic E-state index is 6.18. The van der Waals surface area contributed by atoms with E-state index in [1.54, 1.807) is 0 Å². The van der Waals surface area contributed by atoms with Crippen molar-refractivity contribution in [2.45, 2.75) is 44.5 Å². The van der Waals surface area contributed by atoms with Gasteiger partial charge in [-0.25, -0.2) is 15.0 Å². The van der Waals surface area contributed by atoms with Crippen LogP contribution in [-0.4, -0.2) is 62.1 Å². The number of aromatic nitrogens is 4. The zero-order valence-corrected chi connectivity index (χ0v) is 23.5. The van der Waals surface area contributed by atoms with Crippen molar-refractivity contribution in [1.82, 2.24) is 24.3 Å². The van der Waals surface area contributed by atoms with Crippen LogP contribution in [-0.2, 0) is 0 Å². The van der Waals surface area contributed by atoms with Crippen molar-refractivity contribution < 1.29 is 4.74 Å². The number of benzene rings is 2. The predicted molar refractivity (Wildman–Crippen MR) is 162 cm³/mol. The highest BCUT2D eigenvalue weighted by Gasteiger charge is 2.44. The molecule has 0 amide bonds. The minimum absolute atomic E-state index is 0.131. The molecule has 1 unspecified atom stereocenters. The molecular formula is C33H35N7O. The molecule has 8 heteroatoms. The molecule has 41 heavy (non-hydrogen) atoms. The number of likely N-dealkylation sites (tertiary alicyclic amines) is 1. The van der Waals surface area contributed by atoms with Gasteiger partial charge >= 0.3 is 0 Å². The average Bonchev–Trinajstić information content (AvgIpc) is 3.74. The van der Waals surface area contributed by atoms with Crippen LogP contribution in [0.4, 0.5) is 11.8 Å². The molecule has 2 aliphatic heterocycles. The van der Waals surface area contributed by atoms with Crippen LogP contribution in [0.15, 0.2) is 97.5 Å². The summed E-state index contributed by atoms with van der Waals surface area (Å²) in [6, 6.07) is 27.7. The van der Waals surface area contributed by atoms with E-state index in [-0.39, 0.29) is 12.1 Å². The predicted octanol–water partition coefficient (Wildman–Crippen LogP) is 5.69. The van der Waals surface area contributed by atoms with Gasteiger partial charge in [0.1, 0.15) is 23.3 Å². The fraction of sp³-hybridized carbons (Fsp3) is 0.303. The number of nitrogens with zero attached hydrogens (tertiary/aromatic N) is 6. The quantitative estimate of drug-likeness (QED) is 0.255. The molecule has 2 saturated heterocycles. The third kappa shape index (κ3) is 5.23. The number of imidazole rings is 1. The van der Waals surface area contributed by atoms with Crippen molar-refractivity contribution in [1.29, 1.82) is 0 Å². The molecule has 4 atom stereocenters. The Morgan fingerprint density at radius 1 is 0.902 bits per heavy atom. The number of piperazine rings is 1. The van der Waals surface area contributed by atoms with Crippen molar-refractivity contribution in [3.8, 4) is 17.0 Å². The number of rotatable bonds is 9. The molecule has 2 fully saturated rings. The number of ether oxygens (including phenoxy) is 1. The molecule has 0 radical (unpaired) electrons. The van der Waals surface area contributed by atoms with Crippen molar-refractivity contribution in [2.24, 2.45) is 0 Å². The third-order valence-corrected chi connectivity index (χ3v) is 8.27. The van der Waals surface area contributed by atoms with Crippen LogP contribution in [0.3, 0.4) is 0 Å². The zero-order chi connectivity index (χ0) is 27.8. The van der Waals surface area contributed by atoms with Gasteiger partial charge < -0.3 is 15.0 Å². The van der Waals surface area contributed by atoms with E-state index in [1.165, 1.54) is 5.56 Å². The highest BCUT2D eigenvalue weighted by Crippen LogP contribution is 2.35. The summed E-state index contributed by atoms with van der Waals surface area (Å²) >= 11 is 0. The highest BCUT2D eigenvalue weighted by atomic mass is 16.5. The smallest absolute Gasteiger partial charge is 0.212 e. The number of anilines is 2. The Morgan fingerprint density at radius 3 is 2.49 bits per heavy atom. The average molecular weight is 546 g/mol. The second-order valence-electron chi connectivity index (χ2n) is 11.2. The molecule has 0 saturated carbocycles. The molecule has 2 aliphatic rings. The lowest BCUT2D eigenvalue weighted by Gasteiger charge is -2.36. The molecule has 3 aromatic heterocycles. The summed E-state index contributed by atoms with van der Waals surface area (Å²) in [6.45, 7) is 7.19. The van der Waals surface area contributed by atoms with Crippen LogP contribution in [0.5, 0.6) is 5.75 Å². The normalized spacial score (nSPS) is 19.9. The molecule has 208 valence electrons. The summed E-state index contributed by atoms with van der Waals surface area (Å²) in [5.74, 6) is 2.71. The van der Waals surface area contributed by atoms with E-state index in [0.29, 0.717) is 12.1 Å². The summed E-state index contributed by atoms with van der Waals surface area (Å²) < 4.78 is 8.29. The fourth-order valence-corrected chi connectivity index (χ4v) is 6.29. The van der Waals surface area contributed by atoms with E-state index in [2.05, 4.69) is 79.7 Å². The maximum Gasteiger partial charge on any atom is 0.212 e. The Bertz CT molecular complexity index is 1620. The van der Waals surface area contributed by atoms with E-state index in [4.69, 9.17) is 9.72 Å². The van der Waals surface area contributed by atoms with Gasteiger partial charge in [0.25, 0.3) is 0 Å². The van der Waals surface area contributed by atoms with Crippen molar-refractivity contribution >= 4 is 17.4 Å². The SMILES string of the molecule is CC(CN1C[C@@H]2C[C@H]1CN2c1nc(-c2ccnc(N[C@@H](C)c3ccccc3)c2)cc2nccn12)Oc1ccccc1. The molecule has 0 spiro atoms. The van der Waals surface area contributed by atoms with Gasteiger partial charge in [0.2, 0.25) is 5.95 Å². The Hall–Kier alpha value is -4.43. The minimum Gasteiger partial charge on any atom is -0.489 e. The lowest BCUT2D eigenvalue weighted by molar-refractivity contribution is 0.132. The topological polar surface area (TPSA) is 70.8 Å². The molecule has 0 aliphatic carbocycles. The molecule has 5 aromatic rings.